The fourth-order valence-electron chi connectivity index (χ4n) is 4.39. The molecule has 2 amide bonds. The van der Waals surface area contributed by atoms with Gasteiger partial charge in [-0.15, -0.1) is 0 Å². The van der Waals surface area contributed by atoms with Gasteiger partial charge in [-0.1, -0.05) is 6.92 Å². The highest BCUT2D eigenvalue weighted by molar-refractivity contribution is 5.98. The zero-order valence-corrected chi connectivity index (χ0v) is 19.6. The number of carbonyl (C=O) groups is 3. The summed E-state index contributed by atoms with van der Waals surface area (Å²) in [6, 6.07) is 7.45. The molecule has 7 heteroatoms. The second kappa shape index (κ2) is 12.0. The molecule has 32 heavy (non-hydrogen) atoms. The number of piperidine rings is 1. The summed E-state index contributed by atoms with van der Waals surface area (Å²) in [5, 5.41) is 0. The van der Waals surface area contributed by atoms with E-state index < -0.39 is 0 Å². The van der Waals surface area contributed by atoms with Gasteiger partial charge in [-0.3, -0.25) is 19.3 Å². The topological polar surface area (TPSA) is 70.2 Å². The van der Waals surface area contributed by atoms with Gasteiger partial charge in [-0.2, -0.15) is 0 Å². The van der Waals surface area contributed by atoms with Gasteiger partial charge in [0.15, 0.2) is 5.78 Å². The van der Waals surface area contributed by atoms with Crippen molar-refractivity contribution in [2.24, 2.45) is 0 Å². The summed E-state index contributed by atoms with van der Waals surface area (Å²) < 4.78 is 5.54. The fourth-order valence-corrected chi connectivity index (χ4v) is 4.39. The van der Waals surface area contributed by atoms with Crippen LogP contribution in [0.25, 0.3) is 0 Å². The van der Waals surface area contributed by atoms with Gasteiger partial charge in [0.05, 0.1) is 13.2 Å². The Bertz CT molecular complexity index is 772. The van der Waals surface area contributed by atoms with E-state index in [-0.39, 0.29) is 30.4 Å². The number of hydrogen-bond donors (Lipinski definition) is 0. The predicted octanol–water partition coefficient (Wildman–Crippen LogP) is 2.98. The van der Waals surface area contributed by atoms with E-state index in [4.69, 9.17) is 4.74 Å². The van der Waals surface area contributed by atoms with Crippen LogP contribution in [0.2, 0.25) is 0 Å². The second-order valence-electron chi connectivity index (χ2n) is 8.88. The molecule has 2 aliphatic heterocycles. The number of amides is 2. The van der Waals surface area contributed by atoms with Crippen LogP contribution in [0.4, 0.5) is 0 Å². The van der Waals surface area contributed by atoms with Crippen LogP contribution in [0.15, 0.2) is 24.3 Å². The number of Topliss-reactive ketones (excluding diaryl/α,β-unsaturated/α-hetero) is 1. The Balaban J connectivity index is 1.37. The summed E-state index contributed by atoms with van der Waals surface area (Å²) in [4.78, 5) is 43.6. The minimum Gasteiger partial charge on any atom is -0.494 e. The van der Waals surface area contributed by atoms with Crippen molar-refractivity contribution in [1.82, 2.24) is 14.7 Å². The van der Waals surface area contributed by atoms with Crippen LogP contribution in [-0.2, 0) is 9.59 Å². The van der Waals surface area contributed by atoms with Crippen molar-refractivity contribution < 1.29 is 19.1 Å². The number of piperazine rings is 1. The van der Waals surface area contributed by atoms with Crippen molar-refractivity contribution in [3.05, 3.63) is 29.8 Å². The van der Waals surface area contributed by atoms with Crippen molar-refractivity contribution in [3.63, 3.8) is 0 Å². The lowest BCUT2D eigenvalue weighted by molar-refractivity contribution is -0.137. The van der Waals surface area contributed by atoms with Crippen molar-refractivity contribution in [1.29, 1.82) is 0 Å². The Hall–Kier alpha value is -2.41. The Morgan fingerprint density at radius 1 is 0.938 bits per heavy atom. The normalized spacial score (nSPS) is 19.6. The summed E-state index contributed by atoms with van der Waals surface area (Å²) in [7, 11) is 0. The van der Waals surface area contributed by atoms with E-state index >= 15 is 0 Å². The molecule has 2 fully saturated rings. The van der Waals surface area contributed by atoms with Crippen LogP contribution in [-0.4, -0.2) is 84.2 Å². The number of carbonyl (C=O) groups excluding carboxylic acids is 3. The van der Waals surface area contributed by atoms with E-state index in [0.29, 0.717) is 50.9 Å². The molecule has 0 aliphatic carbocycles. The number of benzene rings is 1. The van der Waals surface area contributed by atoms with E-state index in [1.54, 1.807) is 24.3 Å². The Kier molecular flexibility index (Phi) is 9.09. The maximum Gasteiger partial charge on any atom is 0.236 e. The zero-order valence-electron chi connectivity index (χ0n) is 19.6. The number of likely N-dealkylation sites (tertiary alicyclic amines) is 1. The van der Waals surface area contributed by atoms with Crippen molar-refractivity contribution in [2.45, 2.75) is 58.4 Å². The van der Waals surface area contributed by atoms with E-state index in [9.17, 15) is 14.4 Å². The van der Waals surface area contributed by atoms with Crippen LogP contribution >= 0.6 is 0 Å². The third-order valence-corrected chi connectivity index (χ3v) is 6.42. The van der Waals surface area contributed by atoms with Crippen LogP contribution in [0, 0.1) is 0 Å². The molecule has 0 N–H and O–H groups in total. The van der Waals surface area contributed by atoms with Crippen molar-refractivity contribution in [3.8, 4) is 5.75 Å². The summed E-state index contributed by atoms with van der Waals surface area (Å²) in [6.07, 6.45) is 4.74. The third-order valence-electron chi connectivity index (χ3n) is 6.42. The lowest BCUT2D eigenvalue weighted by atomic mass is 10.0. The standard InChI is InChI=1S/C25H37N3O4/c1-3-18-32-22-9-7-21(8-10-22)23(29)11-12-24(30)27-16-14-26(15-17-27)19-25(31)28-13-5-4-6-20(28)2/h7-10,20H,3-6,11-19H2,1-2H3. The molecule has 1 atom stereocenters. The van der Waals surface area contributed by atoms with Gasteiger partial charge in [0.2, 0.25) is 11.8 Å². The first kappa shape index (κ1) is 24.2. The number of ketones is 1. The van der Waals surface area contributed by atoms with Gasteiger partial charge in [0, 0.05) is 57.2 Å². The maximum absolute atomic E-state index is 12.6. The van der Waals surface area contributed by atoms with Crippen molar-refractivity contribution >= 4 is 17.6 Å². The number of ether oxygens (including phenoxy) is 1. The SMILES string of the molecule is CCCOc1ccc(C(=O)CCC(=O)N2CCN(CC(=O)N3CCCCC3C)CC2)cc1. The van der Waals surface area contributed by atoms with E-state index in [0.717, 1.165) is 31.6 Å². The highest BCUT2D eigenvalue weighted by Gasteiger charge is 2.27. The van der Waals surface area contributed by atoms with Crippen molar-refractivity contribution in [2.75, 3.05) is 45.9 Å². The lowest BCUT2D eigenvalue weighted by Gasteiger charge is -2.38. The maximum atomic E-state index is 12.6. The van der Waals surface area contributed by atoms with E-state index in [2.05, 4.69) is 11.8 Å². The Morgan fingerprint density at radius 3 is 2.31 bits per heavy atom. The minimum atomic E-state index is -0.0275. The van der Waals surface area contributed by atoms with Gasteiger partial charge in [0.25, 0.3) is 0 Å². The summed E-state index contributed by atoms with van der Waals surface area (Å²) in [5.74, 6) is 0.941. The van der Waals surface area contributed by atoms with Gasteiger partial charge < -0.3 is 14.5 Å². The summed E-state index contributed by atoms with van der Waals surface area (Å²) in [5.41, 5.74) is 0.608. The molecule has 0 bridgehead atoms. The zero-order chi connectivity index (χ0) is 22.9. The Labute approximate surface area is 191 Å². The molecule has 0 radical (unpaired) electrons. The number of hydrogen-bond acceptors (Lipinski definition) is 5. The van der Waals surface area contributed by atoms with Crippen LogP contribution in [0.3, 0.4) is 0 Å². The lowest BCUT2D eigenvalue weighted by Crippen LogP contribution is -2.53. The fraction of sp³-hybridized carbons (Fsp3) is 0.640. The van der Waals surface area contributed by atoms with E-state index in [1.165, 1.54) is 6.42 Å². The molecule has 0 saturated carbocycles. The van der Waals surface area contributed by atoms with Gasteiger partial charge in [-0.05, 0) is 56.9 Å². The molecule has 1 aromatic carbocycles. The van der Waals surface area contributed by atoms with Crippen LogP contribution in [0.1, 0.15) is 62.7 Å². The molecular weight excluding hydrogens is 406 g/mol. The number of nitrogens with zero attached hydrogens (tertiary/aromatic N) is 3. The highest BCUT2D eigenvalue weighted by atomic mass is 16.5. The van der Waals surface area contributed by atoms with E-state index in [1.807, 2.05) is 16.7 Å². The smallest absolute Gasteiger partial charge is 0.236 e. The van der Waals surface area contributed by atoms with Crippen LogP contribution in [0.5, 0.6) is 5.75 Å². The molecule has 0 spiro atoms. The molecule has 2 aliphatic rings. The molecule has 3 rings (SSSR count). The molecule has 2 saturated heterocycles. The Morgan fingerprint density at radius 2 is 1.66 bits per heavy atom. The first-order chi connectivity index (χ1) is 15.5. The first-order valence-corrected chi connectivity index (χ1v) is 12.0. The molecule has 1 aromatic rings. The first-order valence-electron chi connectivity index (χ1n) is 12.0. The molecule has 2 heterocycles. The van der Waals surface area contributed by atoms with Gasteiger partial charge in [-0.25, -0.2) is 0 Å². The monoisotopic (exact) mass is 443 g/mol. The molecule has 0 aromatic heterocycles. The van der Waals surface area contributed by atoms with Gasteiger partial charge in [0.1, 0.15) is 5.75 Å². The average molecular weight is 444 g/mol. The second-order valence-corrected chi connectivity index (χ2v) is 8.88. The summed E-state index contributed by atoms with van der Waals surface area (Å²) in [6.45, 7) is 8.75. The molecule has 1 unspecified atom stereocenters. The van der Waals surface area contributed by atoms with Gasteiger partial charge >= 0.3 is 0 Å². The quantitative estimate of drug-likeness (QED) is 0.549. The average Bonchev–Trinajstić information content (AvgIpc) is 2.82. The van der Waals surface area contributed by atoms with Crippen LogP contribution < -0.4 is 4.74 Å². The summed E-state index contributed by atoms with van der Waals surface area (Å²) >= 11 is 0. The highest BCUT2D eigenvalue weighted by Crippen LogP contribution is 2.18. The number of rotatable bonds is 9. The third kappa shape index (κ3) is 6.79. The minimum absolute atomic E-state index is 0.0110. The predicted molar refractivity (Wildman–Crippen MR) is 124 cm³/mol. The molecule has 7 nitrogen and oxygen atoms in total. The molecule has 176 valence electrons. The molecular formula is C25H37N3O4. The largest absolute Gasteiger partial charge is 0.494 e.